The fourth-order valence-corrected chi connectivity index (χ4v) is 5.78. The number of halogens is 3. The SMILES string of the molecule is NC(=O)[C@H]1CC[C@@H](n2c(Nc3c(F)cc(Cl)cc3Cl)nc3cnc(NC4CCC[C@H](O)C4)nc32)CC1. The van der Waals surface area contributed by atoms with E-state index in [1.807, 2.05) is 4.57 Å². The van der Waals surface area contributed by atoms with Crippen LogP contribution < -0.4 is 16.4 Å². The predicted octanol–water partition coefficient (Wildman–Crippen LogP) is 4.95. The molecule has 2 heterocycles. The van der Waals surface area contributed by atoms with E-state index in [-0.39, 0.29) is 45.7 Å². The van der Waals surface area contributed by atoms with Crippen LogP contribution in [0.25, 0.3) is 11.2 Å². The first kappa shape index (κ1) is 25.0. The number of nitrogens with two attached hydrogens (primary N) is 1. The third kappa shape index (κ3) is 5.21. The lowest BCUT2D eigenvalue weighted by molar-refractivity contribution is -0.122. The largest absolute Gasteiger partial charge is 0.393 e. The number of carbonyl (C=O) groups excluding carboxylic acids is 1. The van der Waals surface area contributed by atoms with Crippen LogP contribution >= 0.6 is 23.2 Å². The number of rotatable bonds is 6. The molecule has 0 bridgehead atoms. The maximum atomic E-state index is 14.7. The number of fused-ring (bicyclic) bond motifs is 1. The van der Waals surface area contributed by atoms with Gasteiger partial charge in [-0.05, 0) is 63.5 Å². The van der Waals surface area contributed by atoms with Gasteiger partial charge in [-0.2, -0.15) is 4.98 Å². The van der Waals surface area contributed by atoms with Gasteiger partial charge in [0.05, 0.1) is 23.0 Å². The van der Waals surface area contributed by atoms with E-state index in [9.17, 15) is 14.3 Å². The Morgan fingerprint density at radius 2 is 1.92 bits per heavy atom. The summed E-state index contributed by atoms with van der Waals surface area (Å²) in [4.78, 5) is 25.5. The van der Waals surface area contributed by atoms with Crippen molar-refractivity contribution in [3.63, 3.8) is 0 Å². The molecule has 9 nitrogen and oxygen atoms in total. The number of nitrogens with zero attached hydrogens (tertiary/aromatic N) is 4. The average molecular weight is 536 g/mol. The van der Waals surface area contributed by atoms with Crippen molar-refractivity contribution in [3.8, 4) is 0 Å². The number of hydrogen-bond donors (Lipinski definition) is 4. The van der Waals surface area contributed by atoms with Crippen molar-refractivity contribution in [3.05, 3.63) is 34.2 Å². The smallest absolute Gasteiger partial charge is 0.224 e. The van der Waals surface area contributed by atoms with Gasteiger partial charge < -0.3 is 21.5 Å². The number of primary amides is 1. The van der Waals surface area contributed by atoms with Crippen LogP contribution in [0.4, 0.5) is 22.0 Å². The van der Waals surface area contributed by atoms with Gasteiger partial charge in [-0.15, -0.1) is 0 Å². The molecule has 5 rings (SSSR count). The molecule has 0 radical (unpaired) electrons. The zero-order valence-corrected chi connectivity index (χ0v) is 21.1. The summed E-state index contributed by atoms with van der Waals surface area (Å²) in [5.74, 6) is -0.250. The lowest BCUT2D eigenvalue weighted by Gasteiger charge is -2.29. The fourth-order valence-electron chi connectivity index (χ4n) is 5.26. The number of imidazole rings is 1. The average Bonchev–Trinajstić information content (AvgIpc) is 3.18. The Morgan fingerprint density at radius 3 is 2.61 bits per heavy atom. The Kier molecular flexibility index (Phi) is 7.18. The van der Waals surface area contributed by atoms with E-state index in [4.69, 9.17) is 33.9 Å². The van der Waals surface area contributed by atoms with Crippen LogP contribution in [-0.2, 0) is 4.79 Å². The van der Waals surface area contributed by atoms with Gasteiger partial charge in [-0.3, -0.25) is 9.36 Å². The van der Waals surface area contributed by atoms with Crippen molar-refractivity contribution in [2.75, 3.05) is 10.6 Å². The van der Waals surface area contributed by atoms with E-state index in [0.29, 0.717) is 55.2 Å². The first-order valence-corrected chi connectivity index (χ1v) is 12.9. The molecule has 1 unspecified atom stereocenters. The van der Waals surface area contributed by atoms with Gasteiger partial charge in [0.1, 0.15) is 11.3 Å². The van der Waals surface area contributed by atoms with Gasteiger partial charge in [-0.1, -0.05) is 23.2 Å². The van der Waals surface area contributed by atoms with Gasteiger partial charge in [0.25, 0.3) is 0 Å². The summed E-state index contributed by atoms with van der Waals surface area (Å²) in [5, 5.41) is 16.7. The number of aliphatic hydroxyl groups excluding tert-OH is 1. The highest BCUT2D eigenvalue weighted by atomic mass is 35.5. The summed E-state index contributed by atoms with van der Waals surface area (Å²) in [6.45, 7) is 0. The summed E-state index contributed by atoms with van der Waals surface area (Å²) < 4.78 is 16.7. The van der Waals surface area contributed by atoms with Crippen LogP contribution in [0.3, 0.4) is 0 Å². The number of benzene rings is 1. The summed E-state index contributed by atoms with van der Waals surface area (Å²) >= 11 is 12.2. The van der Waals surface area contributed by atoms with E-state index in [2.05, 4.69) is 20.6 Å². The Hall–Kier alpha value is -2.69. The second-order valence-corrected chi connectivity index (χ2v) is 10.5. The van der Waals surface area contributed by atoms with Crippen LogP contribution in [0.1, 0.15) is 57.4 Å². The molecule has 2 aromatic heterocycles. The number of carbonyl (C=O) groups is 1. The minimum atomic E-state index is -0.604. The summed E-state index contributed by atoms with van der Waals surface area (Å²) in [6, 6.07) is 2.68. The van der Waals surface area contributed by atoms with E-state index < -0.39 is 5.82 Å². The van der Waals surface area contributed by atoms with E-state index >= 15 is 0 Å². The molecule has 3 aromatic rings. The highest BCUT2D eigenvalue weighted by molar-refractivity contribution is 6.36. The van der Waals surface area contributed by atoms with Crippen LogP contribution in [-0.4, -0.2) is 42.7 Å². The van der Waals surface area contributed by atoms with Crippen LogP contribution in [0.15, 0.2) is 18.3 Å². The Labute approximate surface area is 217 Å². The molecule has 2 atom stereocenters. The maximum absolute atomic E-state index is 14.7. The third-order valence-electron chi connectivity index (χ3n) is 7.12. The molecule has 36 heavy (non-hydrogen) atoms. The Bertz CT molecular complexity index is 1260. The van der Waals surface area contributed by atoms with Crippen molar-refractivity contribution in [2.24, 2.45) is 11.7 Å². The van der Waals surface area contributed by atoms with Crippen LogP contribution in [0, 0.1) is 11.7 Å². The number of anilines is 3. The highest BCUT2D eigenvalue weighted by Gasteiger charge is 2.30. The van der Waals surface area contributed by atoms with Crippen molar-refractivity contribution in [1.29, 1.82) is 0 Å². The third-order valence-corrected chi connectivity index (χ3v) is 7.64. The zero-order chi connectivity index (χ0) is 25.4. The molecule has 12 heteroatoms. The first-order chi connectivity index (χ1) is 17.3. The molecule has 5 N–H and O–H groups in total. The standard InChI is InChI=1S/C24H28Cl2FN7O2/c25-13-8-17(26)20(18(27)9-13)32-24-31-19-11-29-23(30-14-2-1-3-16(35)10-14)33-22(19)34(24)15-6-4-12(5-7-15)21(28)36/h8-9,11-12,14-16,35H,1-7,10H2,(H2,28,36)(H,31,32)(H,29,30,33)/t12-,14?,15+,16-/m0/s1. The Morgan fingerprint density at radius 1 is 1.14 bits per heavy atom. The number of aromatic nitrogens is 4. The summed E-state index contributed by atoms with van der Waals surface area (Å²) in [7, 11) is 0. The highest BCUT2D eigenvalue weighted by Crippen LogP contribution is 2.38. The van der Waals surface area contributed by atoms with Gasteiger partial charge in [0.15, 0.2) is 5.65 Å². The zero-order valence-electron chi connectivity index (χ0n) is 19.6. The Balaban J connectivity index is 1.51. The predicted molar refractivity (Wildman–Crippen MR) is 137 cm³/mol. The molecule has 2 aliphatic rings. The molecule has 2 fully saturated rings. The molecular weight excluding hydrogens is 508 g/mol. The van der Waals surface area contributed by atoms with Gasteiger partial charge in [0, 0.05) is 23.0 Å². The monoisotopic (exact) mass is 535 g/mol. The van der Waals surface area contributed by atoms with Gasteiger partial charge in [-0.25, -0.2) is 14.4 Å². The number of amides is 1. The summed E-state index contributed by atoms with van der Waals surface area (Å²) in [5.41, 5.74) is 6.71. The van der Waals surface area contributed by atoms with Crippen LogP contribution in [0.2, 0.25) is 10.0 Å². The topological polar surface area (TPSA) is 131 Å². The van der Waals surface area contributed by atoms with Crippen LogP contribution in [0.5, 0.6) is 0 Å². The molecule has 0 aliphatic heterocycles. The molecule has 1 aromatic carbocycles. The second-order valence-electron chi connectivity index (χ2n) is 9.65. The number of nitrogens with one attached hydrogen (secondary N) is 2. The normalized spacial score (nSPS) is 24.6. The minimum Gasteiger partial charge on any atom is -0.393 e. The maximum Gasteiger partial charge on any atom is 0.224 e. The van der Waals surface area contributed by atoms with E-state index in [0.717, 1.165) is 19.3 Å². The molecule has 1 amide bonds. The van der Waals surface area contributed by atoms with Gasteiger partial charge >= 0.3 is 0 Å². The quantitative estimate of drug-likeness (QED) is 0.351. The lowest BCUT2D eigenvalue weighted by atomic mass is 9.85. The molecule has 2 saturated carbocycles. The molecular formula is C24H28Cl2FN7O2. The number of aliphatic hydroxyl groups is 1. The molecule has 0 spiro atoms. The van der Waals surface area contributed by atoms with Crippen molar-refractivity contribution in [2.45, 2.75) is 69.6 Å². The minimum absolute atomic E-state index is 0.0403. The van der Waals surface area contributed by atoms with E-state index in [1.54, 1.807) is 6.20 Å². The molecule has 192 valence electrons. The summed E-state index contributed by atoms with van der Waals surface area (Å²) in [6.07, 6.45) is 7.26. The van der Waals surface area contributed by atoms with Crippen molar-refractivity contribution in [1.82, 2.24) is 19.5 Å². The molecule has 0 saturated heterocycles. The first-order valence-electron chi connectivity index (χ1n) is 12.2. The molecule has 2 aliphatic carbocycles. The fraction of sp³-hybridized carbons (Fsp3) is 0.500. The number of hydrogen-bond acceptors (Lipinski definition) is 7. The van der Waals surface area contributed by atoms with Crippen molar-refractivity contribution < 1.29 is 14.3 Å². The van der Waals surface area contributed by atoms with Crippen molar-refractivity contribution >= 4 is 57.9 Å². The van der Waals surface area contributed by atoms with Gasteiger partial charge in [0.2, 0.25) is 17.8 Å². The second kappa shape index (κ2) is 10.4. The van der Waals surface area contributed by atoms with E-state index in [1.165, 1.54) is 12.1 Å². The lowest BCUT2D eigenvalue weighted by Crippen LogP contribution is -2.30.